The van der Waals surface area contributed by atoms with Gasteiger partial charge in [0.15, 0.2) is 5.13 Å². The normalized spacial score (nSPS) is 10.3. The van der Waals surface area contributed by atoms with Gasteiger partial charge in [-0.2, -0.15) is 5.26 Å². The van der Waals surface area contributed by atoms with Crippen LogP contribution in [0.2, 0.25) is 0 Å². The Morgan fingerprint density at radius 2 is 2.04 bits per heavy atom. The second-order valence-corrected chi connectivity index (χ2v) is 6.22. The maximum Gasteiger partial charge on any atom is 0.276 e. The molecule has 1 amide bonds. The number of pyridine rings is 2. The molecule has 4 aromatic heterocycles. The maximum atomic E-state index is 12.6. The molecule has 130 valence electrons. The molecule has 27 heavy (non-hydrogen) atoms. The van der Waals surface area contributed by atoms with Crippen molar-refractivity contribution in [2.75, 3.05) is 5.32 Å². The lowest BCUT2D eigenvalue weighted by Crippen LogP contribution is -2.16. The molecule has 4 rings (SSSR count). The van der Waals surface area contributed by atoms with Crippen molar-refractivity contribution in [2.45, 2.75) is 0 Å². The van der Waals surface area contributed by atoms with Gasteiger partial charge in [0.2, 0.25) is 0 Å². The highest BCUT2D eigenvalue weighted by Crippen LogP contribution is 2.26. The SMILES string of the molecule is N#Cc1cccnc1-c1csc(NC(=O)c2cncn2-c2ccncc2)n1. The summed E-state index contributed by atoms with van der Waals surface area (Å²) in [7, 11) is 0. The van der Waals surface area contributed by atoms with Crippen LogP contribution >= 0.6 is 11.3 Å². The molecule has 0 aliphatic rings. The van der Waals surface area contributed by atoms with Crippen LogP contribution in [0.25, 0.3) is 17.1 Å². The number of carbonyl (C=O) groups excluding carboxylic acids is 1. The zero-order chi connectivity index (χ0) is 18.6. The van der Waals surface area contributed by atoms with Crippen LogP contribution in [0.5, 0.6) is 0 Å². The van der Waals surface area contributed by atoms with Gasteiger partial charge >= 0.3 is 0 Å². The first-order valence-electron chi connectivity index (χ1n) is 7.81. The Morgan fingerprint density at radius 3 is 2.85 bits per heavy atom. The van der Waals surface area contributed by atoms with Crippen LogP contribution in [-0.2, 0) is 0 Å². The van der Waals surface area contributed by atoms with E-state index in [2.05, 4.69) is 31.3 Å². The Labute approximate surface area is 157 Å². The Bertz CT molecular complexity index is 1140. The fourth-order valence-electron chi connectivity index (χ4n) is 2.47. The monoisotopic (exact) mass is 373 g/mol. The summed E-state index contributed by atoms with van der Waals surface area (Å²) >= 11 is 1.26. The molecule has 0 spiro atoms. The predicted molar refractivity (Wildman–Crippen MR) is 99.4 cm³/mol. The van der Waals surface area contributed by atoms with Crippen LogP contribution in [-0.4, -0.2) is 30.4 Å². The van der Waals surface area contributed by atoms with E-state index in [1.807, 2.05) is 0 Å². The summed E-state index contributed by atoms with van der Waals surface area (Å²) in [6, 6.07) is 9.02. The largest absolute Gasteiger partial charge is 0.296 e. The number of carbonyl (C=O) groups is 1. The second-order valence-electron chi connectivity index (χ2n) is 5.36. The maximum absolute atomic E-state index is 12.6. The summed E-state index contributed by atoms with van der Waals surface area (Å²) in [5, 5.41) is 14.1. The number of hydrogen-bond acceptors (Lipinski definition) is 7. The molecule has 0 aliphatic heterocycles. The first-order valence-corrected chi connectivity index (χ1v) is 8.69. The van der Waals surface area contributed by atoms with Crippen LogP contribution in [0.15, 0.2) is 60.8 Å². The molecule has 8 nitrogen and oxygen atoms in total. The molecule has 4 aromatic rings. The minimum Gasteiger partial charge on any atom is -0.296 e. The van der Waals surface area contributed by atoms with Gasteiger partial charge in [-0.3, -0.25) is 24.6 Å². The molecule has 0 aliphatic carbocycles. The molecular weight excluding hydrogens is 362 g/mol. The van der Waals surface area contributed by atoms with E-state index >= 15 is 0 Å². The van der Waals surface area contributed by atoms with Crippen LogP contribution in [0.1, 0.15) is 16.1 Å². The average molecular weight is 373 g/mol. The number of aromatic nitrogens is 5. The van der Waals surface area contributed by atoms with Crippen molar-refractivity contribution in [2.24, 2.45) is 0 Å². The third-order valence-corrected chi connectivity index (χ3v) is 4.47. The lowest BCUT2D eigenvalue weighted by atomic mass is 10.2. The van der Waals surface area contributed by atoms with Crippen molar-refractivity contribution >= 4 is 22.4 Å². The van der Waals surface area contributed by atoms with E-state index in [4.69, 9.17) is 0 Å². The van der Waals surface area contributed by atoms with Crippen molar-refractivity contribution in [1.29, 1.82) is 5.26 Å². The molecular formula is C18H11N7OS. The van der Waals surface area contributed by atoms with Gasteiger partial charge < -0.3 is 0 Å². The van der Waals surface area contributed by atoms with E-state index in [1.54, 1.807) is 59.1 Å². The molecule has 9 heteroatoms. The lowest BCUT2D eigenvalue weighted by Gasteiger charge is -2.07. The topological polar surface area (TPSA) is 109 Å². The van der Waals surface area contributed by atoms with Crippen LogP contribution in [0.3, 0.4) is 0 Å². The quantitative estimate of drug-likeness (QED) is 0.589. The number of hydrogen-bond donors (Lipinski definition) is 1. The zero-order valence-corrected chi connectivity index (χ0v) is 14.6. The summed E-state index contributed by atoms with van der Waals surface area (Å²) in [6.07, 6.45) is 7.93. The van der Waals surface area contributed by atoms with Crippen molar-refractivity contribution in [1.82, 2.24) is 24.5 Å². The average Bonchev–Trinajstić information content (AvgIpc) is 3.38. The molecule has 0 saturated heterocycles. The molecule has 4 heterocycles. The summed E-state index contributed by atoms with van der Waals surface area (Å²) < 4.78 is 1.66. The van der Waals surface area contributed by atoms with Gasteiger partial charge in [0, 0.05) is 24.0 Å². The van der Waals surface area contributed by atoms with Crippen LogP contribution < -0.4 is 5.32 Å². The second kappa shape index (κ2) is 7.15. The van der Waals surface area contributed by atoms with Gasteiger partial charge in [0.25, 0.3) is 5.91 Å². The van der Waals surface area contributed by atoms with Gasteiger partial charge in [0.05, 0.1) is 23.8 Å². The van der Waals surface area contributed by atoms with E-state index < -0.39 is 0 Å². The third-order valence-electron chi connectivity index (χ3n) is 3.71. The number of nitrogens with one attached hydrogen (secondary N) is 1. The van der Waals surface area contributed by atoms with Crippen LogP contribution in [0.4, 0.5) is 5.13 Å². The van der Waals surface area contributed by atoms with E-state index in [0.717, 1.165) is 5.69 Å². The van der Waals surface area contributed by atoms with Gasteiger partial charge in [-0.1, -0.05) is 0 Å². The van der Waals surface area contributed by atoms with Crippen molar-refractivity contribution < 1.29 is 4.79 Å². The highest BCUT2D eigenvalue weighted by molar-refractivity contribution is 7.14. The minimum absolute atomic E-state index is 0.341. The van der Waals surface area contributed by atoms with Gasteiger partial charge in [-0.25, -0.2) is 9.97 Å². The van der Waals surface area contributed by atoms with Crippen molar-refractivity contribution in [3.63, 3.8) is 0 Å². The van der Waals surface area contributed by atoms with Gasteiger partial charge in [-0.15, -0.1) is 11.3 Å². The number of nitrogens with zero attached hydrogens (tertiary/aromatic N) is 6. The summed E-state index contributed by atoms with van der Waals surface area (Å²) in [6.45, 7) is 0. The van der Waals surface area contributed by atoms with E-state index in [0.29, 0.717) is 27.8 Å². The summed E-state index contributed by atoms with van der Waals surface area (Å²) in [5.74, 6) is -0.341. The van der Waals surface area contributed by atoms with Gasteiger partial charge in [0.1, 0.15) is 23.2 Å². The summed E-state index contributed by atoms with van der Waals surface area (Å²) in [4.78, 5) is 29.3. The molecule has 0 unspecified atom stereocenters. The van der Waals surface area contributed by atoms with Gasteiger partial charge in [-0.05, 0) is 24.3 Å². The molecule has 0 saturated carbocycles. The Morgan fingerprint density at radius 1 is 1.19 bits per heavy atom. The highest BCUT2D eigenvalue weighted by Gasteiger charge is 2.16. The molecule has 1 N–H and O–H groups in total. The van der Waals surface area contributed by atoms with E-state index in [9.17, 15) is 10.1 Å². The molecule has 0 atom stereocenters. The predicted octanol–water partition coefficient (Wildman–Crippen LogP) is 2.91. The number of anilines is 1. The van der Waals surface area contributed by atoms with Crippen molar-refractivity contribution in [3.05, 3.63) is 72.0 Å². The standard InChI is InChI=1S/C18H11N7OS/c19-8-12-2-1-5-22-16(12)14-10-27-18(23-14)24-17(26)15-9-21-11-25(15)13-3-6-20-7-4-13/h1-7,9-11H,(H,23,24,26). The first kappa shape index (κ1) is 16.6. The fourth-order valence-corrected chi connectivity index (χ4v) is 3.16. The molecule has 0 radical (unpaired) electrons. The number of rotatable bonds is 4. The Hall–Kier alpha value is -3.90. The number of imidazole rings is 1. The fraction of sp³-hybridized carbons (Fsp3) is 0. The smallest absolute Gasteiger partial charge is 0.276 e. The highest BCUT2D eigenvalue weighted by atomic mass is 32.1. The third kappa shape index (κ3) is 3.29. The zero-order valence-electron chi connectivity index (χ0n) is 13.8. The Balaban J connectivity index is 1.58. The first-order chi connectivity index (χ1) is 13.3. The lowest BCUT2D eigenvalue weighted by molar-refractivity contribution is 0.102. The molecule has 0 bridgehead atoms. The molecule has 0 aromatic carbocycles. The van der Waals surface area contributed by atoms with E-state index in [-0.39, 0.29) is 5.91 Å². The molecule has 0 fully saturated rings. The van der Waals surface area contributed by atoms with Crippen LogP contribution in [0, 0.1) is 11.3 Å². The Kier molecular flexibility index (Phi) is 4.38. The minimum atomic E-state index is -0.341. The number of amides is 1. The van der Waals surface area contributed by atoms with E-state index in [1.165, 1.54) is 17.5 Å². The number of thiazole rings is 1. The van der Waals surface area contributed by atoms with Crippen molar-refractivity contribution in [3.8, 4) is 23.1 Å². The summed E-state index contributed by atoms with van der Waals surface area (Å²) in [5.41, 5.74) is 2.60. The number of nitriles is 1.